The van der Waals surface area contributed by atoms with E-state index in [2.05, 4.69) is 4.98 Å². The number of nitrogens with two attached hydrogens (primary N) is 2. The first-order chi connectivity index (χ1) is 13.3. The summed E-state index contributed by atoms with van der Waals surface area (Å²) < 4.78 is 0. The normalized spacial score (nSPS) is 9.75. The van der Waals surface area contributed by atoms with Crippen LogP contribution in [0.3, 0.4) is 0 Å². The van der Waals surface area contributed by atoms with Crippen molar-refractivity contribution in [2.45, 2.75) is 6.92 Å². The molecule has 1 heterocycles. The molecule has 0 unspecified atom stereocenters. The Bertz CT molecular complexity index is 898. The van der Waals surface area contributed by atoms with Gasteiger partial charge in [-0.15, -0.1) is 0 Å². The van der Waals surface area contributed by atoms with Gasteiger partial charge in [0.1, 0.15) is 11.7 Å². The Morgan fingerprint density at radius 1 is 0.786 bits per heavy atom. The highest BCUT2D eigenvalue weighted by Crippen LogP contribution is 2.23. The van der Waals surface area contributed by atoms with Gasteiger partial charge in [0.25, 0.3) is 5.97 Å². The predicted molar refractivity (Wildman–Crippen MR) is 110 cm³/mol. The fraction of sp³-hybridized carbons (Fsp3) is 0.0476. The fourth-order valence-electron chi connectivity index (χ4n) is 2.40. The molecule has 0 atom stereocenters. The van der Waals surface area contributed by atoms with E-state index in [9.17, 15) is 0 Å². The summed E-state index contributed by atoms with van der Waals surface area (Å²) in [4.78, 5) is 13.5. The molecule has 3 aromatic rings. The van der Waals surface area contributed by atoms with Gasteiger partial charge in [0, 0.05) is 35.4 Å². The third-order valence-corrected chi connectivity index (χ3v) is 3.78. The van der Waals surface area contributed by atoms with Crippen molar-refractivity contribution in [1.29, 1.82) is 10.8 Å². The topological polar surface area (TPSA) is 150 Å². The number of aromatic nitrogens is 1. The molecule has 0 spiro atoms. The number of carboxylic acids is 1. The van der Waals surface area contributed by atoms with Crippen LogP contribution in [0.1, 0.15) is 18.1 Å². The van der Waals surface area contributed by atoms with Gasteiger partial charge in [-0.25, -0.2) is 0 Å². The van der Waals surface area contributed by atoms with Gasteiger partial charge in [-0.1, -0.05) is 54.6 Å². The number of amidine groups is 2. The minimum Gasteiger partial charge on any atom is -0.481 e. The van der Waals surface area contributed by atoms with Crippen LogP contribution in [-0.4, -0.2) is 27.7 Å². The molecule has 3 rings (SSSR count). The van der Waals surface area contributed by atoms with Crippen LogP contribution in [-0.2, 0) is 4.79 Å². The van der Waals surface area contributed by atoms with Gasteiger partial charge >= 0.3 is 0 Å². The molecule has 0 aliphatic rings. The summed E-state index contributed by atoms with van der Waals surface area (Å²) in [7, 11) is 0. The van der Waals surface area contributed by atoms with Gasteiger partial charge in [0.15, 0.2) is 0 Å². The zero-order chi connectivity index (χ0) is 20.7. The van der Waals surface area contributed by atoms with E-state index in [0.717, 1.165) is 29.3 Å². The second-order valence-electron chi connectivity index (χ2n) is 5.93. The fourth-order valence-corrected chi connectivity index (χ4v) is 2.40. The highest BCUT2D eigenvalue weighted by atomic mass is 16.4. The van der Waals surface area contributed by atoms with E-state index in [4.69, 9.17) is 32.2 Å². The van der Waals surface area contributed by atoms with E-state index in [-0.39, 0.29) is 11.7 Å². The lowest BCUT2D eigenvalue weighted by molar-refractivity contribution is -0.134. The average Bonchev–Trinajstić information content (AvgIpc) is 2.68. The Hall–Kier alpha value is -4.00. The van der Waals surface area contributed by atoms with Crippen LogP contribution in [0.15, 0.2) is 66.9 Å². The van der Waals surface area contributed by atoms with E-state index in [1.54, 1.807) is 0 Å². The second-order valence-corrected chi connectivity index (χ2v) is 5.93. The number of aliphatic carboxylic acids is 1. The zero-order valence-electron chi connectivity index (χ0n) is 15.3. The Morgan fingerprint density at radius 2 is 1.18 bits per heavy atom. The molecule has 7 nitrogen and oxygen atoms in total. The number of hydrogen-bond donors (Lipinski definition) is 5. The van der Waals surface area contributed by atoms with Crippen LogP contribution in [0.4, 0.5) is 0 Å². The Kier molecular flexibility index (Phi) is 6.59. The molecule has 1 aromatic heterocycles. The van der Waals surface area contributed by atoms with Crippen molar-refractivity contribution in [1.82, 2.24) is 4.98 Å². The number of carboxylic acid groups (broad SMARTS) is 1. The molecule has 0 aliphatic heterocycles. The number of benzene rings is 2. The summed E-state index contributed by atoms with van der Waals surface area (Å²) in [6.07, 6.45) is 1.82. The molecule has 2 aromatic carbocycles. The lowest BCUT2D eigenvalue weighted by Crippen LogP contribution is -2.10. The Labute approximate surface area is 162 Å². The molecular formula is C21H21N5O2. The molecular weight excluding hydrogens is 354 g/mol. The monoisotopic (exact) mass is 375 g/mol. The maximum atomic E-state index is 9.00. The minimum absolute atomic E-state index is 0.0545. The summed E-state index contributed by atoms with van der Waals surface area (Å²) >= 11 is 0. The SMILES string of the molecule is CC(=O)O.N=C(N)c1ccc(-c2ccc(-c3ccc(C(=N)N)cc3)nc2)cc1. The maximum absolute atomic E-state index is 9.00. The van der Waals surface area contributed by atoms with Crippen LogP contribution in [0.25, 0.3) is 22.4 Å². The van der Waals surface area contributed by atoms with Gasteiger partial charge in [0.2, 0.25) is 0 Å². The molecule has 0 saturated carbocycles. The molecule has 0 fully saturated rings. The Morgan fingerprint density at radius 3 is 1.54 bits per heavy atom. The summed E-state index contributed by atoms with van der Waals surface area (Å²) in [6, 6.07) is 18.9. The van der Waals surface area contributed by atoms with E-state index in [1.165, 1.54) is 0 Å². The highest BCUT2D eigenvalue weighted by Gasteiger charge is 2.04. The molecule has 0 aliphatic carbocycles. The number of pyridine rings is 1. The molecule has 0 radical (unpaired) electrons. The molecule has 0 saturated heterocycles. The van der Waals surface area contributed by atoms with Gasteiger partial charge in [-0.2, -0.15) is 0 Å². The van der Waals surface area contributed by atoms with Crippen molar-refractivity contribution < 1.29 is 9.90 Å². The van der Waals surface area contributed by atoms with Crippen molar-refractivity contribution in [3.8, 4) is 22.4 Å². The number of hydrogen-bond acceptors (Lipinski definition) is 4. The molecule has 0 amide bonds. The first kappa shape index (κ1) is 20.3. The third kappa shape index (κ3) is 5.50. The van der Waals surface area contributed by atoms with Gasteiger partial charge in [-0.3, -0.25) is 20.6 Å². The number of nitrogens with one attached hydrogen (secondary N) is 2. The summed E-state index contributed by atoms with van der Waals surface area (Å²) in [5, 5.41) is 22.3. The minimum atomic E-state index is -0.833. The first-order valence-corrected chi connectivity index (χ1v) is 8.33. The van der Waals surface area contributed by atoms with E-state index in [0.29, 0.717) is 11.1 Å². The van der Waals surface area contributed by atoms with Crippen LogP contribution in [0, 0.1) is 10.8 Å². The predicted octanol–water partition coefficient (Wildman–Crippen LogP) is 3.07. The quantitative estimate of drug-likeness (QED) is 0.351. The summed E-state index contributed by atoms with van der Waals surface area (Å²) in [5.41, 5.74) is 16.2. The number of rotatable bonds is 4. The van der Waals surface area contributed by atoms with Crippen molar-refractivity contribution in [3.63, 3.8) is 0 Å². The van der Waals surface area contributed by atoms with Crippen molar-refractivity contribution >= 4 is 17.6 Å². The molecule has 28 heavy (non-hydrogen) atoms. The van der Waals surface area contributed by atoms with Gasteiger partial charge in [-0.05, 0) is 11.6 Å². The summed E-state index contributed by atoms with van der Waals surface area (Å²) in [6.45, 7) is 1.08. The van der Waals surface area contributed by atoms with E-state index in [1.807, 2.05) is 66.9 Å². The molecule has 142 valence electrons. The maximum Gasteiger partial charge on any atom is 0.300 e. The first-order valence-electron chi connectivity index (χ1n) is 8.33. The average molecular weight is 375 g/mol. The van der Waals surface area contributed by atoms with Gasteiger partial charge < -0.3 is 16.6 Å². The molecule has 0 bridgehead atoms. The Balaban J connectivity index is 0.000000640. The van der Waals surface area contributed by atoms with Crippen molar-refractivity contribution in [2.75, 3.05) is 0 Å². The highest BCUT2D eigenvalue weighted by molar-refractivity contribution is 5.95. The van der Waals surface area contributed by atoms with E-state index >= 15 is 0 Å². The third-order valence-electron chi connectivity index (χ3n) is 3.78. The summed E-state index contributed by atoms with van der Waals surface area (Å²) in [5.74, 6) is -0.720. The van der Waals surface area contributed by atoms with Crippen molar-refractivity contribution in [3.05, 3.63) is 78.0 Å². The van der Waals surface area contributed by atoms with Crippen LogP contribution in [0.2, 0.25) is 0 Å². The van der Waals surface area contributed by atoms with Crippen LogP contribution < -0.4 is 11.5 Å². The number of nitrogen functional groups attached to an aromatic ring is 2. The lowest BCUT2D eigenvalue weighted by atomic mass is 10.0. The van der Waals surface area contributed by atoms with Crippen LogP contribution >= 0.6 is 0 Å². The molecule has 7 N–H and O–H groups in total. The van der Waals surface area contributed by atoms with E-state index < -0.39 is 5.97 Å². The van der Waals surface area contributed by atoms with Gasteiger partial charge in [0.05, 0.1) is 5.69 Å². The molecule has 7 heteroatoms. The zero-order valence-corrected chi connectivity index (χ0v) is 15.3. The van der Waals surface area contributed by atoms with Crippen LogP contribution in [0.5, 0.6) is 0 Å². The standard InChI is InChI=1S/C19H17N5.C2H4O2/c20-18(21)14-5-1-12(2-6-14)16-9-10-17(24-11-16)13-3-7-15(8-4-13)19(22)23;1-2(3)4/h1-11H,(H3,20,21)(H3,22,23);1H3,(H,3,4). The van der Waals surface area contributed by atoms with Crippen molar-refractivity contribution in [2.24, 2.45) is 11.5 Å². The smallest absolute Gasteiger partial charge is 0.300 e. The second kappa shape index (κ2) is 9.09. The lowest BCUT2D eigenvalue weighted by Gasteiger charge is -2.06. The largest absolute Gasteiger partial charge is 0.481 e. The number of carbonyl (C=O) groups is 1. The number of nitrogens with zero attached hydrogens (tertiary/aromatic N) is 1.